The molecule has 0 aliphatic heterocycles. The Balaban J connectivity index is 1.99. The number of furan rings is 1. The maximum absolute atomic E-state index is 11.8. The number of hydrazone groups is 1. The highest BCUT2D eigenvalue weighted by atomic mass is 16.3. The smallest absolute Gasteiger partial charge is 0.274 e. The second kappa shape index (κ2) is 5.17. The summed E-state index contributed by atoms with van der Waals surface area (Å²) in [5.74, 6) is 1.21. The van der Waals surface area contributed by atoms with Gasteiger partial charge in [0.2, 0.25) is 0 Å². The number of hydrogen-bond acceptors (Lipinski definition) is 3. The van der Waals surface area contributed by atoms with Gasteiger partial charge in [-0.2, -0.15) is 5.10 Å². The van der Waals surface area contributed by atoms with Crippen molar-refractivity contribution >= 4 is 11.6 Å². The Morgan fingerprint density at radius 2 is 2.00 bits per heavy atom. The molecule has 1 aliphatic rings. The van der Waals surface area contributed by atoms with Crippen LogP contribution in [0.4, 0.5) is 0 Å². The van der Waals surface area contributed by atoms with Crippen molar-refractivity contribution in [1.29, 1.82) is 0 Å². The van der Waals surface area contributed by atoms with Crippen molar-refractivity contribution in [2.24, 2.45) is 5.10 Å². The highest BCUT2D eigenvalue weighted by Crippen LogP contribution is 2.15. The van der Waals surface area contributed by atoms with E-state index in [9.17, 15) is 4.79 Å². The van der Waals surface area contributed by atoms with E-state index in [1.54, 1.807) is 13.0 Å². The van der Waals surface area contributed by atoms with E-state index in [0.717, 1.165) is 24.3 Å². The van der Waals surface area contributed by atoms with E-state index < -0.39 is 0 Å². The molecule has 2 rings (SSSR count). The lowest BCUT2D eigenvalue weighted by Crippen LogP contribution is -2.20. The number of rotatable bonds is 2. The molecule has 0 saturated heterocycles. The molecule has 1 aromatic heterocycles. The highest BCUT2D eigenvalue weighted by molar-refractivity contribution is 5.96. The monoisotopic (exact) mass is 234 g/mol. The van der Waals surface area contributed by atoms with Gasteiger partial charge in [0.1, 0.15) is 11.5 Å². The van der Waals surface area contributed by atoms with E-state index in [4.69, 9.17) is 4.42 Å². The Labute approximate surface area is 101 Å². The molecule has 4 nitrogen and oxygen atoms in total. The van der Waals surface area contributed by atoms with Crippen LogP contribution in [0.1, 0.15) is 54.0 Å². The Bertz CT molecular complexity index is 438. The van der Waals surface area contributed by atoms with Crippen LogP contribution in [-0.4, -0.2) is 11.6 Å². The predicted octanol–water partition coefficient (Wildman–Crippen LogP) is 2.95. The minimum Gasteiger partial charge on any atom is -0.466 e. The molecule has 0 bridgehead atoms. The van der Waals surface area contributed by atoms with Crippen molar-refractivity contribution in [3.63, 3.8) is 0 Å². The van der Waals surface area contributed by atoms with Crippen molar-refractivity contribution < 1.29 is 9.21 Å². The molecule has 17 heavy (non-hydrogen) atoms. The lowest BCUT2D eigenvalue weighted by Gasteiger charge is -2.11. The van der Waals surface area contributed by atoms with Gasteiger partial charge in [0.15, 0.2) is 0 Å². The van der Waals surface area contributed by atoms with E-state index >= 15 is 0 Å². The van der Waals surface area contributed by atoms with Gasteiger partial charge in [-0.05, 0) is 45.6 Å². The van der Waals surface area contributed by atoms with Gasteiger partial charge in [0.05, 0.1) is 5.56 Å². The minimum absolute atomic E-state index is 0.183. The Hall–Kier alpha value is -1.58. The molecule has 1 heterocycles. The second-order valence-electron chi connectivity index (χ2n) is 4.51. The Morgan fingerprint density at radius 1 is 1.29 bits per heavy atom. The molecule has 0 radical (unpaired) electrons. The van der Waals surface area contributed by atoms with E-state index in [0.29, 0.717) is 11.3 Å². The van der Waals surface area contributed by atoms with Gasteiger partial charge in [-0.15, -0.1) is 0 Å². The van der Waals surface area contributed by atoms with Crippen molar-refractivity contribution in [2.75, 3.05) is 0 Å². The Kier molecular flexibility index (Phi) is 3.61. The zero-order chi connectivity index (χ0) is 12.3. The van der Waals surface area contributed by atoms with Crippen molar-refractivity contribution in [2.45, 2.75) is 46.0 Å². The van der Waals surface area contributed by atoms with Crippen LogP contribution in [0.15, 0.2) is 15.6 Å². The van der Waals surface area contributed by atoms with Gasteiger partial charge < -0.3 is 4.42 Å². The number of aryl methyl sites for hydroxylation is 2. The molecule has 0 atom stereocenters. The summed E-state index contributed by atoms with van der Waals surface area (Å²) in [5.41, 5.74) is 4.28. The molecule has 1 fully saturated rings. The topological polar surface area (TPSA) is 54.6 Å². The number of carbonyl (C=O) groups is 1. The molecule has 1 N–H and O–H groups in total. The minimum atomic E-state index is -0.183. The molecule has 92 valence electrons. The zero-order valence-electron chi connectivity index (χ0n) is 10.4. The summed E-state index contributed by atoms with van der Waals surface area (Å²) in [5, 5.41) is 4.19. The third kappa shape index (κ3) is 2.96. The normalized spacial score (nSPS) is 15.8. The predicted molar refractivity (Wildman–Crippen MR) is 66.2 cm³/mol. The molecule has 4 heteroatoms. The summed E-state index contributed by atoms with van der Waals surface area (Å²) in [6, 6.07) is 1.74. The molecular weight excluding hydrogens is 216 g/mol. The van der Waals surface area contributed by atoms with Crippen LogP contribution in [0.3, 0.4) is 0 Å². The van der Waals surface area contributed by atoms with Crippen LogP contribution in [-0.2, 0) is 0 Å². The zero-order valence-corrected chi connectivity index (χ0v) is 10.4. The van der Waals surface area contributed by atoms with Gasteiger partial charge in [0.25, 0.3) is 5.91 Å². The van der Waals surface area contributed by atoms with Crippen LogP contribution >= 0.6 is 0 Å². The lowest BCUT2D eigenvalue weighted by atomic mass is 9.99. The van der Waals surface area contributed by atoms with E-state index in [2.05, 4.69) is 10.5 Å². The first-order valence-electron chi connectivity index (χ1n) is 6.09. The largest absolute Gasteiger partial charge is 0.466 e. The van der Waals surface area contributed by atoms with Crippen LogP contribution in [0.5, 0.6) is 0 Å². The van der Waals surface area contributed by atoms with E-state index in [1.807, 2.05) is 6.92 Å². The number of carbonyl (C=O) groups excluding carboxylic acids is 1. The fourth-order valence-electron chi connectivity index (χ4n) is 2.12. The van der Waals surface area contributed by atoms with Crippen molar-refractivity contribution in [3.8, 4) is 0 Å². The lowest BCUT2D eigenvalue weighted by molar-refractivity contribution is 0.0953. The summed E-state index contributed by atoms with van der Waals surface area (Å²) in [6.07, 6.45) is 5.64. The molecular formula is C13H18N2O2. The first-order chi connectivity index (χ1) is 8.16. The van der Waals surface area contributed by atoms with Crippen LogP contribution in [0.25, 0.3) is 0 Å². The Morgan fingerprint density at radius 3 is 2.59 bits per heavy atom. The first-order valence-corrected chi connectivity index (χ1v) is 6.09. The average Bonchev–Trinajstić information content (AvgIpc) is 2.67. The van der Waals surface area contributed by atoms with Crippen molar-refractivity contribution in [1.82, 2.24) is 5.43 Å². The molecule has 0 unspecified atom stereocenters. The summed E-state index contributed by atoms with van der Waals surface area (Å²) >= 11 is 0. The molecule has 1 amide bonds. The SMILES string of the molecule is Cc1cc(C(=O)NN=C2CCCCC2)c(C)o1. The quantitative estimate of drug-likeness (QED) is 0.800. The van der Waals surface area contributed by atoms with Crippen molar-refractivity contribution in [3.05, 3.63) is 23.2 Å². The molecule has 0 aromatic carbocycles. The molecule has 1 aliphatic carbocycles. The van der Waals surface area contributed by atoms with Gasteiger partial charge in [-0.25, -0.2) is 5.43 Å². The van der Waals surface area contributed by atoms with Gasteiger partial charge in [-0.3, -0.25) is 4.79 Å². The van der Waals surface area contributed by atoms with Gasteiger partial charge in [0, 0.05) is 5.71 Å². The molecule has 1 saturated carbocycles. The third-order valence-corrected chi connectivity index (χ3v) is 3.03. The first kappa shape index (κ1) is 11.9. The maximum atomic E-state index is 11.8. The number of amides is 1. The summed E-state index contributed by atoms with van der Waals surface area (Å²) < 4.78 is 5.32. The van der Waals surface area contributed by atoms with Gasteiger partial charge >= 0.3 is 0 Å². The standard InChI is InChI=1S/C13H18N2O2/c1-9-8-12(10(2)17-9)13(16)15-14-11-6-4-3-5-7-11/h8H,3-7H2,1-2H3,(H,15,16). The number of nitrogens with one attached hydrogen (secondary N) is 1. The van der Waals surface area contributed by atoms with Gasteiger partial charge in [-0.1, -0.05) is 6.42 Å². The fraction of sp³-hybridized carbons (Fsp3) is 0.538. The number of hydrogen-bond donors (Lipinski definition) is 1. The third-order valence-electron chi connectivity index (χ3n) is 3.03. The average molecular weight is 234 g/mol. The highest BCUT2D eigenvalue weighted by Gasteiger charge is 2.13. The summed E-state index contributed by atoms with van der Waals surface area (Å²) in [7, 11) is 0. The van der Waals surface area contributed by atoms with E-state index in [-0.39, 0.29) is 5.91 Å². The van der Waals surface area contributed by atoms with Crippen LogP contribution in [0, 0.1) is 13.8 Å². The summed E-state index contributed by atoms with van der Waals surface area (Å²) in [4.78, 5) is 11.8. The fourth-order valence-corrected chi connectivity index (χ4v) is 2.12. The summed E-state index contributed by atoms with van der Waals surface area (Å²) in [6.45, 7) is 3.62. The molecule has 1 aromatic rings. The molecule has 0 spiro atoms. The van der Waals surface area contributed by atoms with Crippen LogP contribution in [0.2, 0.25) is 0 Å². The second-order valence-corrected chi connectivity index (χ2v) is 4.51. The van der Waals surface area contributed by atoms with E-state index in [1.165, 1.54) is 19.3 Å². The van der Waals surface area contributed by atoms with Crippen LogP contribution < -0.4 is 5.43 Å². The maximum Gasteiger partial charge on any atom is 0.274 e. The number of nitrogens with zero attached hydrogens (tertiary/aromatic N) is 1.